The Labute approximate surface area is 118 Å². The molecule has 1 N–H and O–H groups in total. The molecule has 6 heteroatoms. The quantitative estimate of drug-likeness (QED) is 0.882. The number of thiazole rings is 1. The highest BCUT2D eigenvalue weighted by Crippen LogP contribution is 2.19. The monoisotopic (exact) mass is 283 g/mol. The van der Waals surface area contributed by atoms with Crippen molar-refractivity contribution in [1.82, 2.24) is 15.2 Å². The zero-order valence-corrected chi connectivity index (χ0v) is 12.3. The number of ether oxygens (including phenoxy) is 1. The highest BCUT2D eigenvalue weighted by atomic mass is 32.1. The molecule has 0 radical (unpaired) electrons. The zero-order valence-electron chi connectivity index (χ0n) is 11.5. The normalized spacial score (nSPS) is 17.5. The second kappa shape index (κ2) is 6.98. The van der Waals surface area contributed by atoms with E-state index in [1.165, 1.54) is 4.88 Å². The van der Waals surface area contributed by atoms with Crippen molar-refractivity contribution in [3.05, 3.63) is 16.1 Å². The van der Waals surface area contributed by atoms with Crippen LogP contribution in [0.4, 0.5) is 0 Å². The number of hydrogen-bond donors (Lipinski definition) is 1. The van der Waals surface area contributed by atoms with E-state index in [1.807, 2.05) is 18.0 Å². The van der Waals surface area contributed by atoms with Crippen LogP contribution in [0.3, 0.4) is 0 Å². The smallest absolute Gasteiger partial charge is 0.236 e. The second-order valence-electron chi connectivity index (χ2n) is 4.61. The van der Waals surface area contributed by atoms with Crippen LogP contribution in [0.5, 0.6) is 0 Å². The Kier molecular flexibility index (Phi) is 5.30. The van der Waals surface area contributed by atoms with Gasteiger partial charge in [-0.15, -0.1) is 11.3 Å². The van der Waals surface area contributed by atoms with Gasteiger partial charge in [0.1, 0.15) is 5.01 Å². The summed E-state index contributed by atoms with van der Waals surface area (Å²) in [5.41, 5.74) is 0. The van der Waals surface area contributed by atoms with Gasteiger partial charge in [0, 0.05) is 24.2 Å². The van der Waals surface area contributed by atoms with Crippen molar-refractivity contribution >= 4 is 17.2 Å². The molecule has 19 heavy (non-hydrogen) atoms. The molecule has 106 valence electrons. The molecular weight excluding hydrogens is 262 g/mol. The van der Waals surface area contributed by atoms with Gasteiger partial charge in [0.2, 0.25) is 5.91 Å². The van der Waals surface area contributed by atoms with Gasteiger partial charge < -0.3 is 9.64 Å². The van der Waals surface area contributed by atoms with E-state index in [-0.39, 0.29) is 11.9 Å². The average molecular weight is 283 g/mol. The summed E-state index contributed by atoms with van der Waals surface area (Å²) >= 11 is 1.71. The molecule has 5 nitrogen and oxygen atoms in total. The fourth-order valence-corrected chi connectivity index (χ4v) is 2.82. The van der Waals surface area contributed by atoms with Gasteiger partial charge >= 0.3 is 0 Å². The Morgan fingerprint density at radius 2 is 2.32 bits per heavy atom. The molecule has 1 aliphatic rings. The molecular formula is C13H21N3O2S. The summed E-state index contributed by atoms with van der Waals surface area (Å²) < 4.78 is 5.24. The molecule has 2 rings (SSSR count). The summed E-state index contributed by atoms with van der Waals surface area (Å²) in [5.74, 6) is 0.141. The van der Waals surface area contributed by atoms with Crippen LogP contribution in [0, 0.1) is 0 Å². The molecule has 0 aromatic carbocycles. The van der Waals surface area contributed by atoms with Gasteiger partial charge in [0.25, 0.3) is 0 Å². The average Bonchev–Trinajstić information content (AvgIpc) is 2.94. The van der Waals surface area contributed by atoms with Crippen molar-refractivity contribution in [3.63, 3.8) is 0 Å². The van der Waals surface area contributed by atoms with E-state index in [1.54, 1.807) is 11.3 Å². The van der Waals surface area contributed by atoms with Crippen LogP contribution in [-0.4, -0.2) is 48.6 Å². The molecule has 1 aliphatic heterocycles. The predicted molar refractivity (Wildman–Crippen MR) is 75.3 cm³/mol. The van der Waals surface area contributed by atoms with E-state index in [0.29, 0.717) is 32.8 Å². The molecule has 0 aliphatic carbocycles. The van der Waals surface area contributed by atoms with Gasteiger partial charge in [-0.05, 0) is 13.3 Å². The highest BCUT2D eigenvalue weighted by molar-refractivity contribution is 7.11. The molecule has 0 bridgehead atoms. The maximum absolute atomic E-state index is 12.0. The van der Waals surface area contributed by atoms with Gasteiger partial charge in [0.15, 0.2) is 0 Å². The number of nitrogens with zero attached hydrogens (tertiary/aromatic N) is 2. The van der Waals surface area contributed by atoms with Crippen LogP contribution < -0.4 is 5.32 Å². The van der Waals surface area contributed by atoms with Crippen LogP contribution in [0.2, 0.25) is 0 Å². The van der Waals surface area contributed by atoms with Crippen molar-refractivity contribution in [2.45, 2.75) is 26.3 Å². The van der Waals surface area contributed by atoms with Crippen molar-refractivity contribution in [2.75, 3.05) is 32.8 Å². The molecule has 1 saturated heterocycles. The molecule has 1 unspecified atom stereocenters. The van der Waals surface area contributed by atoms with Crippen LogP contribution >= 0.6 is 11.3 Å². The fraction of sp³-hybridized carbons (Fsp3) is 0.692. The maximum atomic E-state index is 12.0. The molecule has 1 aromatic rings. The number of rotatable bonds is 5. The van der Waals surface area contributed by atoms with E-state index in [0.717, 1.165) is 11.4 Å². The molecule has 1 fully saturated rings. The third kappa shape index (κ3) is 3.99. The number of amides is 1. The van der Waals surface area contributed by atoms with Gasteiger partial charge in [0.05, 0.1) is 25.8 Å². The number of hydrogen-bond acceptors (Lipinski definition) is 5. The summed E-state index contributed by atoms with van der Waals surface area (Å²) in [6.45, 7) is 7.23. The minimum atomic E-state index is 0.121. The zero-order chi connectivity index (χ0) is 13.7. The maximum Gasteiger partial charge on any atom is 0.236 e. The summed E-state index contributed by atoms with van der Waals surface area (Å²) in [7, 11) is 0. The Morgan fingerprint density at radius 3 is 2.95 bits per heavy atom. The first kappa shape index (κ1) is 14.4. The van der Waals surface area contributed by atoms with E-state index >= 15 is 0 Å². The molecule has 1 atom stereocenters. The van der Waals surface area contributed by atoms with Crippen molar-refractivity contribution < 1.29 is 9.53 Å². The Hall–Kier alpha value is -0.980. The lowest BCUT2D eigenvalue weighted by Crippen LogP contribution is -2.45. The first-order valence-electron chi connectivity index (χ1n) is 6.74. The Morgan fingerprint density at radius 1 is 1.58 bits per heavy atom. The number of carbonyl (C=O) groups is 1. The van der Waals surface area contributed by atoms with Crippen molar-refractivity contribution in [3.8, 4) is 0 Å². The van der Waals surface area contributed by atoms with Crippen LogP contribution in [-0.2, 0) is 16.0 Å². The fourth-order valence-electron chi connectivity index (χ4n) is 1.94. The SMILES string of the molecule is CCc1cnc(C(C)NCC(=O)N2CCOCC2)s1. The molecule has 1 aromatic heterocycles. The molecule has 0 saturated carbocycles. The van der Waals surface area contributed by atoms with Gasteiger partial charge in [-0.2, -0.15) is 0 Å². The standard InChI is InChI=1S/C13H21N3O2S/c1-3-11-8-15-13(19-11)10(2)14-9-12(17)16-4-6-18-7-5-16/h8,10,14H,3-7,9H2,1-2H3. The number of carbonyl (C=O) groups excluding carboxylic acids is 1. The lowest BCUT2D eigenvalue weighted by atomic mass is 10.3. The summed E-state index contributed by atoms with van der Waals surface area (Å²) in [6.07, 6.45) is 2.93. The number of aromatic nitrogens is 1. The first-order chi connectivity index (χ1) is 9.20. The predicted octanol–water partition coefficient (Wildman–Crippen LogP) is 1.21. The molecule has 0 spiro atoms. The van der Waals surface area contributed by atoms with E-state index in [4.69, 9.17) is 4.74 Å². The summed E-state index contributed by atoms with van der Waals surface area (Å²) in [6, 6.07) is 0.121. The topological polar surface area (TPSA) is 54.5 Å². The van der Waals surface area contributed by atoms with Gasteiger partial charge in [-0.3, -0.25) is 10.1 Å². The Balaban J connectivity index is 1.79. The summed E-state index contributed by atoms with van der Waals surface area (Å²) in [5, 5.41) is 4.30. The van der Waals surface area contributed by atoms with Crippen molar-refractivity contribution in [1.29, 1.82) is 0 Å². The lowest BCUT2D eigenvalue weighted by molar-refractivity contribution is -0.134. The Bertz CT molecular complexity index is 416. The van der Waals surface area contributed by atoms with Crippen LogP contribution in [0.25, 0.3) is 0 Å². The molecule has 1 amide bonds. The van der Waals surface area contributed by atoms with E-state index in [9.17, 15) is 4.79 Å². The largest absolute Gasteiger partial charge is 0.378 e. The highest BCUT2D eigenvalue weighted by Gasteiger charge is 2.18. The molecule has 2 heterocycles. The minimum absolute atomic E-state index is 0.121. The number of morpholine rings is 1. The number of nitrogens with one attached hydrogen (secondary N) is 1. The van der Waals surface area contributed by atoms with Crippen molar-refractivity contribution in [2.24, 2.45) is 0 Å². The van der Waals surface area contributed by atoms with Crippen LogP contribution in [0.1, 0.15) is 29.8 Å². The van der Waals surface area contributed by atoms with Gasteiger partial charge in [-0.1, -0.05) is 6.92 Å². The van der Waals surface area contributed by atoms with E-state index < -0.39 is 0 Å². The minimum Gasteiger partial charge on any atom is -0.378 e. The second-order valence-corrected chi connectivity index (χ2v) is 5.76. The third-order valence-electron chi connectivity index (χ3n) is 3.21. The first-order valence-corrected chi connectivity index (χ1v) is 7.56. The van der Waals surface area contributed by atoms with E-state index in [2.05, 4.69) is 17.2 Å². The lowest BCUT2D eigenvalue weighted by Gasteiger charge is -2.27. The van der Waals surface area contributed by atoms with Crippen LogP contribution in [0.15, 0.2) is 6.20 Å². The number of aryl methyl sites for hydroxylation is 1. The summed E-state index contributed by atoms with van der Waals surface area (Å²) in [4.78, 5) is 19.5. The van der Waals surface area contributed by atoms with Gasteiger partial charge in [-0.25, -0.2) is 4.98 Å². The third-order valence-corrected chi connectivity index (χ3v) is 4.54.